The first-order chi connectivity index (χ1) is 14.6. The number of nitrogens with zero attached hydrogens (tertiary/aromatic N) is 3. The lowest BCUT2D eigenvalue weighted by molar-refractivity contribution is 0.0694. The molecule has 5 N–H and O–H groups in total. The van der Waals surface area contributed by atoms with E-state index in [0.717, 1.165) is 18.9 Å². The quantitative estimate of drug-likeness (QED) is 0.512. The van der Waals surface area contributed by atoms with Gasteiger partial charge in [0, 0.05) is 36.9 Å². The molecule has 2 bridgehead atoms. The molecule has 0 amide bonds. The minimum atomic E-state index is -3.67. The van der Waals surface area contributed by atoms with Crippen molar-refractivity contribution in [1.82, 2.24) is 14.9 Å². The monoisotopic (exact) mass is 488 g/mol. The van der Waals surface area contributed by atoms with Crippen LogP contribution in [0.3, 0.4) is 0 Å². The summed E-state index contributed by atoms with van der Waals surface area (Å²) in [5, 5.41) is 12.9. The Kier molecular flexibility index (Phi) is 7.53. The van der Waals surface area contributed by atoms with Crippen LogP contribution in [0, 0.1) is 5.82 Å². The molecular weight excluding hydrogens is 459 g/mol. The third-order valence-electron chi connectivity index (χ3n) is 5.38. The molecule has 0 aliphatic carbocycles. The third kappa shape index (κ3) is 6.05. The smallest absolute Gasteiger partial charge is 0.341 e. The number of hydrogen-bond acceptors (Lipinski definition) is 7. The molecular formula is C20H29FN4O7S. The van der Waals surface area contributed by atoms with Crippen molar-refractivity contribution >= 4 is 32.9 Å². The Bertz CT molecular complexity index is 1200. The number of nitrogens with one attached hydrogen (secondary N) is 1. The Morgan fingerprint density at radius 2 is 1.76 bits per heavy atom. The number of fused-ring (bicyclic) bond motifs is 3. The van der Waals surface area contributed by atoms with Gasteiger partial charge in [-0.2, -0.15) is 8.42 Å². The van der Waals surface area contributed by atoms with Crippen LogP contribution in [-0.4, -0.2) is 70.5 Å². The molecule has 2 aromatic rings. The second-order valence-electron chi connectivity index (χ2n) is 9.16. The van der Waals surface area contributed by atoms with Crippen molar-refractivity contribution in [2.24, 2.45) is 0 Å². The molecule has 33 heavy (non-hydrogen) atoms. The molecule has 4 heterocycles. The summed E-state index contributed by atoms with van der Waals surface area (Å²) >= 11 is 0. The van der Waals surface area contributed by atoms with Gasteiger partial charge in [0.25, 0.3) is 10.1 Å². The molecule has 2 unspecified atom stereocenters. The Balaban J connectivity index is 0.000000583. The number of rotatable bonds is 2. The number of carbonyl (C=O) groups is 1. The Morgan fingerprint density at radius 1 is 1.24 bits per heavy atom. The van der Waals surface area contributed by atoms with Gasteiger partial charge in [-0.3, -0.25) is 9.35 Å². The van der Waals surface area contributed by atoms with Crippen molar-refractivity contribution in [3.8, 4) is 0 Å². The van der Waals surface area contributed by atoms with E-state index in [1.165, 1.54) is 6.20 Å². The topological polar surface area (TPSA) is 173 Å². The summed E-state index contributed by atoms with van der Waals surface area (Å²) < 4.78 is 42.4. The summed E-state index contributed by atoms with van der Waals surface area (Å²) in [7, 11) is -3.67. The summed E-state index contributed by atoms with van der Waals surface area (Å²) in [6.45, 7) is 6.99. The van der Waals surface area contributed by atoms with Gasteiger partial charge in [0.15, 0.2) is 11.6 Å². The summed E-state index contributed by atoms with van der Waals surface area (Å²) in [5.41, 5.74) is -1.32. The highest BCUT2D eigenvalue weighted by atomic mass is 32.2. The van der Waals surface area contributed by atoms with Gasteiger partial charge in [-0.25, -0.2) is 14.2 Å². The molecule has 2 aliphatic rings. The van der Waals surface area contributed by atoms with E-state index in [9.17, 15) is 27.5 Å². The van der Waals surface area contributed by atoms with Crippen molar-refractivity contribution in [2.75, 3.05) is 24.2 Å². The zero-order valence-electron chi connectivity index (χ0n) is 18.8. The second kappa shape index (κ2) is 9.33. The molecule has 0 spiro atoms. The van der Waals surface area contributed by atoms with Crippen LogP contribution in [0.5, 0.6) is 0 Å². The Labute approximate surface area is 190 Å². The summed E-state index contributed by atoms with van der Waals surface area (Å²) in [6, 6.07) is 1.78. The predicted molar refractivity (Wildman–Crippen MR) is 121 cm³/mol. The predicted octanol–water partition coefficient (Wildman–Crippen LogP) is 0.609. The van der Waals surface area contributed by atoms with Gasteiger partial charge in [-0.1, -0.05) is 0 Å². The van der Waals surface area contributed by atoms with E-state index < -0.39 is 32.9 Å². The molecule has 11 nitrogen and oxygen atoms in total. The minimum Gasteiger partial charge on any atom is -0.477 e. The number of pyridine rings is 2. The number of hydrogen-bond donors (Lipinski definition) is 3. The first kappa shape index (κ1) is 26.6. The van der Waals surface area contributed by atoms with Gasteiger partial charge in [-0.15, -0.1) is 0 Å². The molecule has 4 rings (SSSR count). The highest BCUT2D eigenvalue weighted by molar-refractivity contribution is 7.85. The molecule has 0 radical (unpaired) electrons. The van der Waals surface area contributed by atoms with Crippen LogP contribution in [0.15, 0.2) is 17.1 Å². The molecule has 2 aromatic heterocycles. The van der Waals surface area contributed by atoms with Crippen molar-refractivity contribution in [3.05, 3.63) is 33.9 Å². The molecule has 184 valence electrons. The normalized spacial score (nSPS) is 20.1. The van der Waals surface area contributed by atoms with Gasteiger partial charge in [-0.05, 0) is 39.7 Å². The summed E-state index contributed by atoms with van der Waals surface area (Å²) in [5.74, 6) is -1.70. The maximum atomic E-state index is 14.9. The van der Waals surface area contributed by atoms with E-state index >= 15 is 0 Å². The number of halogens is 1. The number of piperazine rings is 1. The van der Waals surface area contributed by atoms with Gasteiger partial charge in [0.1, 0.15) is 11.2 Å². The van der Waals surface area contributed by atoms with Crippen LogP contribution in [0.4, 0.5) is 10.2 Å². The second-order valence-corrected chi connectivity index (χ2v) is 10.6. The lowest BCUT2D eigenvalue weighted by Gasteiger charge is -2.34. The van der Waals surface area contributed by atoms with Crippen LogP contribution in [-0.2, 0) is 15.7 Å². The number of aromatic nitrogens is 2. The van der Waals surface area contributed by atoms with Crippen LogP contribution in [0.25, 0.3) is 11.0 Å². The van der Waals surface area contributed by atoms with Gasteiger partial charge < -0.3 is 25.4 Å². The van der Waals surface area contributed by atoms with Gasteiger partial charge in [0.05, 0.1) is 11.6 Å². The van der Waals surface area contributed by atoms with Crippen LogP contribution in [0.2, 0.25) is 0 Å². The van der Waals surface area contributed by atoms with Crippen LogP contribution < -0.4 is 15.6 Å². The first-order valence-corrected chi connectivity index (χ1v) is 11.9. The van der Waals surface area contributed by atoms with E-state index in [2.05, 4.69) is 10.3 Å². The average Bonchev–Trinajstić information content (AvgIpc) is 2.97. The molecule has 0 aromatic carbocycles. The molecule has 2 atom stereocenters. The lowest BCUT2D eigenvalue weighted by atomic mass is 10.1. The van der Waals surface area contributed by atoms with E-state index in [0.29, 0.717) is 37.1 Å². The Hall–Kier alpha value is -2.61. The van der Waals surface area contributed by atoms with E-state index in [1.807, 2.05) is 25.7 Å². The van der Waals surface area contributed by atoms with Gasteiger partial charge >= 0.3 is 5.97 Å². The molecule has 0 saturated carbocycles. The van der Waals surface area contributed by atoms with Crippen molar-refractivity contribution in [2.45, 2.75) is 51.2 Å². The van der Waals surface area contributed by atoms with Crippen LogP contribution in [0.1, 0.15) is 44.0 Å². The van der Waals surface area contributed by atoms with Crippen LogP contribution >= 0.6 is 0 Å². The third-order valence-corrected chi connectivity index (χ3v) is 5.38. The minimum absolute atomic E-state index is 0. The largest absolute Gasteiger partial charge is 0.477 e. The number of carboxylic acids is 1. The summed E-state index contributed by atoms with van der Waals surface area (Å²) in [4.78, 5) is 30.5. The SMILES string of the molecule is CC(C)(C)n1cc(C(=O)O)c(=O)c2cc(F)c(N3CC4CCC(C3)N4)nc21.CS(=O)(=O)O.O. The fourth-order valence-corrected chi connectivity index (χ4v) is 4.07. The first-order valence-electron chi connectivity index (χ1n) is 10.1. The zero-order valence-corrected chi connectivity index (χ0v) is 19.6. The number of anilines is 1. The average molecular weight is 489 g/mol. The fraction of sp³-hybridized carbons (Fsp3) is 0.550. The van der Waals surface area contributed by atoms with Crippen molar-refractivity contribution in [1.29, 1.82) is 0 Å². The van der Waals surface area contributed by atoms with E-state index in [1.54, 1.807) is 4.57 Å². The highest BCUT2D eigenvalue weighted by Crippen LogP contribution is 2.29. The number of carboxylic acid groups (broad SMARTS) is 1. The molecule has 2 aliphatic heterocycles. The number of aromatic carboxylic acids is 1. The van der Waals surface area contributed by atoms with E-state index in [4.69, 9.17) is 4.55 Å². The molecule has 13 heteroatoms. The molecule has 2 fully saturated rings. The van der Waals surface area contributed by atoms with Crippen molar-refractivity contribution < 1.29 is 32.7 Å². The standard InChI is InChI=1S/C19H23FN4O3.CH4O3S.H2O/c1-19(2,3)24-9-13(18(26)27)15(25)12-6-14(20)17(22-16(12)24)23-7-10-4-5-11(8-23)21-10;1-5(2,3)4;/h6,9-11,21H,4-5,7-8H2,1-3H3,(H,26,27);1H3,(H,2,3,4);1H2. The molecule has 2 saturated heterocycles. The van der Waals surface area contributed by atoms with Gasteiger partial charge in [0.2, 0.25) is 5.43 Å². The maximum absolute atomic E-state index is 14.9. The Morgan fingerprint density at radius 3 is 2.21 bits per heavy atom. The maximum Gasteiger partial charge on any atom is 0.341 e. The zero-order chi connectivity index (χ0) is 24.0. The van der Waals surface area contributed by atoms with Crippen molar-refractivity contribution in [3.63, 3.8) is 0 Å². The van der Waals surface area contributed by atoms with E-state index in [-0.39, 0.29) is 22.2 Å². The fourth-order valence-electron chi connectivity index (χ4n) is 4.07. The lowest BCUT2D eigenvalue weighted by Crippen LogP contribution is -2.51. The highest BCUT2D eigenvalue weighted by Gasteiger charge is 2.34. The summed E-state index contributed by atoms with van der Waals surface area (Å²) in [6.07, 6.45) is 4.15.